The zero-order valence-electron chi connectivity index (χ0n) is 13.4. The summed E-state index contributed by atoms with van der Waals surface area (Å²) >= 11 is 1.67. The third kappa shape index (κ3) is 3.14. The molecule has 0 atom stereocenters. The van der Waals surface area contributed by atoms with Crippen molar-refractivity contribution in [3.63, 3.8) is 0 Å². The van der Waals surface area contributed by atoms with Crippen LogP contribution < -0.4 is 10.2 Å². The van der Waals surface area contributed by atoms with Crippen LogP contribution in [-0.2, 0) is 11.2 Å². The number of benzene rings is 1. The lowest BCUT2D eigenvalue weighted by Gasteiger charge is -2.32. The number of thiazole rings is 1. The van der Waals surface area contributed by atoms with Gasteiger partial charge in [0.1, 0.15) is 0 Å². The molecule has 1 fully saturated rings. The summed E-state index contributed by atoms with van der Waals surface area (Å²) in [5.41, 5.74) is 2.14. The molecule has 1 aliphatic rings. The first-order valence-corrected chi connectivity index (χ1v) is 9.16. The Kier molecular flexibility index (Phi) is 4.21. The second-order valence-electron chi connectivity index (χ2n) is 6.18. The maximum absolute atomic E-state index is 12.4. The maximum atomic E-state index is 12.4. The van der Waals surface area contributed by atoms with E-state index in [2.05, 4.69) is 26.3 Å². The van der Waals surface area contributed by atoms with Gasteiger partial charge in [0.25, 0.3) is 0 Å². The molecule has 6 heteroatoms. The number of amides is 1. The fourth-order valence-electron chi connectivity index (χ4n) is 3.32. The molecule has 1 aliphatic heterocycles. The molecule has 1 amide bonds. The summed E-state index contributed by atoms with van der Waals surface area (Å²) in [6.07, 6.45) is 6.15. The molecule has 0 aliphatic carbocycles. The van der Waals surface area contributed by atoms with E-state index in [1.807, 2.05) is 36.0 Å². The molecular weight excluding hydrogens is 320 g/mol. The van der Waals surface area contributed by atoms with E-state index in [-0.39, 0.29) is 11.9 Å². The van der Waals surface area contributed by atoms with Crippen molar-refractivity contribution >= 4 is 33.3 Å². The Morgan fingerprint density at radius 3 is 2.96 bits per heavy atom. The lowest BCUT2D eigenvalue weighted by atomic mass is 10.0. The number of nitrogens with zero attached hydrogens (tertiary/aromatic N) is 2. The van der Waals surface area contributed by atoms with Crippen molar-refractivity contribution in [3.05, 3.63) is 47.6 Å². The van der Waals surface area contributed by atoms with Gasteiger partial charge in [0.15, 0.2) is 5.13 Å². The molecule has 1 aromatic carbocycles. The topological polar surface area (TPSA) is 61.0 Å². The van der Waals surface area contributed by atoms with Crippen LogP contribution >= 0.6 is 11.3 Å². The SMILES string of the molecule is O=C(Cc1c[nH]c2ccccc12)NC1CCN(c2nccs2)CC1. The van der Waals surface area contributed by atoms with Crippen molar-refractivity contribution < 1.29 is 4.79 Å². The summed E-state index contributed by atoms with van der Waals surface area (Å²) in [5, 5.41) is 7.41. The Hall–Kier alpha value is -2.34. The van der Waals surface area contributed by atoms with Crippen LogP contribution in [0.25, 0.3) is 10.9 Å². The van der Waals surface area contributed by atoms with Crippen molar-refractivity contribution in [2.75, 3.05) is 18.0 Å². The zero-order valence-corrected chi connectivity index (χ0v) is 14.2. The average Bonchev–Trinajstić information content (AvgIpc) is 3.26. The minimum atomic E-state index is 0.104. The smallest absolute Gasteiger partial charge is 0.224 e. The third-order valence-electron chi connectivity index (χ3n) is 4.58. The van der Waals surface area contributed by atoms with Gasteiger partial charge in [-0.3, -0.25) is 4.79 Å². The van der Waals surface area contributed by atoms with Gasteiger partial charge in [0, 0.05) is 47.8 Å². The number of hydrogen-bond acceptors (Lipinski definition) is 4. The molecule has 124 valence electrons. The third-order valence-corrected chi connectivity index (χ3v) is 5.41. The highest BCUT2D eigenvalue weighted by molar-refractivity contribution is 7.13. The molecule has 0 saturated carbocycles. The number of carbonyl (C=O) groups is 1. The van der Waals surface area contributed by atoms with Gasteiger partial charge in [0.2, 0.25) is 5.91 Å². The molecular formula is C18H20N4OS. The fraction of sp³-hybridized carbons (Fsp3) is 0.333. The molecule has 1 saturated heterocycles. The minimum absolute atomic E-state index is 0.104. The van der Waals surface area contributed by atoms with E-state index in [1.54, 1.807) is 11.3 Å². The highest BCUT2D eigenvalue weighted by Crippen LogP contribution is 2.22. The van der Waals surface area contributed by atoms with Gasteiger partial charge in [-0.1, -0.05) is 18.2 Å². The summed E-state index contributed by atoms with van der Waals surface area (Å²) in [6.45, 7) is 1.90. The highest BCUT2D eigenvalue weighted by atomic mass is 32.1. The number of para-hydroxylation sites is 1. The predicted octanol–water partition coefficient (Wildman–Crippen LogP) is 2.95. The fourth-order valence-corrected chi connectivity index (χ4v) is 4.01. The molecule has 3 heterocycles. The van der Waals surface area contributed by atoms with E-state index >= 15 is 0 Å². The van der Waals surface area contributed by atoms with Crippen LogP contribution in [0, 0.1) is 0 Å². The van der Waals surface area contributed by atoms with Gasteiger partial charge in [-0.2, -0.15) is 0 Å². The van der Waals surface area contributed by atoms with E-state index in [4.69, 9.17) is 0 Å². The Labute approximate surface area is 144 Å². The highest BCUT2D eigenvalue weighted by Gasteiger charge is 2.22. The van der Waals surface area contributed by atoms with E-state index in [0.717, 1.165) is 47.5 Å². The molecule has 4 rings (SSSR count). The monoisotopic (exact) mass is 340 g/mol. The molecule has 2 aromatic heterocycles. The molecule has 5 nitrogen and oxygen atoms in total. The van der Waals surface area contributed by atoms with Crippen molar-refractivity contribution in [2.24, 2.45) is 0 Å². The number of anilines is 1. The number of aromatic amines is 1. The van der Waals surface area contributed by atoms with E-state index in [0.29, 0.717) is 6.42 Å². The molecule has 0 radical (unpaired) electrons. The van der Waals surface area contributed by atoms with Crippen molar-refractivity contribution in [1.29, 1.82) is 0 Å². The lowest BCUT2D eigenvalue weighted by molar-refractivity contribution is -0.121. The number of fused-ring (bicyclic) bond motifs is 1. The number of H-pyrrole nitrogens is 1. The van der Waals surface area contributed by atoms with Gasteiger partial charge < -0.3 is 15.2 Å². The predicted molar refractivity (Wildman–Crippen MR) is 97.5 cm³/mol. The number of aromatic nitrogens is 2. The normalized spacial score (nSPS) is 15.8. The number of carbonyl (C=O) groups excluding carboxylic acids is 1. The quantitative estimate of drug-likeness (QED) is 0.768. The van der Waals surface area contributed by atoms with Crippen LogP contribution in [0.5, 0.6) is 0 Å². The number of hydrogen-bond donors (Lipinski definition) is 2. The number of piperidine rings is 1. The van der Waals surface area contributed by atoms with Gasteiger partial charge in [-0.25, -0.2) is 4.98 Å². The van der Waals surface area contributed by atoms with Crippen LogP contribution in [0.3, 0.4) is 0 Å². The zero-order chi connectivity index (χ0) is 16.4. The Morgan fingerprint density at radius 1 is 1.33 bits per heavy atom. The number of nitrogens with one attached hydrogen (secondary N) is 2. The van der Waals surface area contributed by atoms with Gasteiger partial charge in [-0.15, -0.1) is 11.3 Å². The van der Waals surface area contributed by atoms with Gasteiger partial charge >= 0.3 is 0 Å². The van der Waals surface area contributed by atoms with Crippen LogP contribution in [0.4, 0.5) is 5.13 Å². The van der Waals surface area contributed by atoms with E-state index < -0.39 is 0 Å². The minimum Gasteiger partial charge on any atom is -0.361 e. The van der Waals surface area contributed by atoms with E-state index in [1.165, 1.54) is 0 Å². The van der Waals surface area contributed by atoms with Crippen LogP contribution in [0.15, 0.2) is 42.0 Å². The summed E-state index contributed by atoms with van der Waals surface area (Å²) in [4.78, 5) is 22.3. The standard InChI is InChI=1S/C18H20N4OS/c23-17(11-13-12-20-16-4-2-1-3-15(13)16)21-14-5-8-22(9-6-14)18-19-7-10-24-18/h1-4,7,10,12,14,20H,5-6,8-9,11H2,(H,21,23). The Morgan fingerprint density at radius 2 is 2.17 bits per heavy atom. The van der Waals surface area contributed by atoms with Crippen LogP contribution in [-0.4, -0.2) is 35.0 Å². The molecule has 0 spiro atoms. The number of rotatable bonds is 4. The van der Waals surface area contributed by atoms with Crippen LogP contribution in [0.2, 0.25) is 0 Å². The van der Waals surface area contributed by atoms with Crippen molar-refractivity contribution in [3.8, 4) is 0 Å². The summed E-state index contributed by atoms with van der Waals surface area (Å²) in [6, 6.07) is 8.36. The first-order chi connectivity index (χ1) is 11.8. The molecule has 2 N–H and O–H groups in total. The van der Waals surface area contributed by atoms with Crippen LogP contribution in [0.1, 0.15) is 18.4 Å². The molecule has 0 bridgehead atoms. The average molecular weight is 340 g/mol. The molecule has 0 unspecified atom stereocenters. The second-order valence-corrected chi connectivity index (χ2v) is 7.05. The molecule has 24 heavy (non-hydrogen) atoms. The Balaban J connectivity index is 1.32. The summed E-state index contributed by atoms with van der Waals surface area (Å²) in [5.74, 6) is 0.104. The van der Waals surface area contributed by atoms with Crippen molar-refractivity contribution in [1.82, 2.24) is 15.3 Å². The first-order valence-electron chi connectivity index (χ1n) is 8.28. The lowest BCUT2D eigenvalue weighted by Crippen LogP contribution is -2.45. The van der Waals surface area contributed by atoms with Gasteiger partial charge in [-0.05, 0) is 24.5 Å². The summed E-state index contributed by atoms with van der Waals surface area (Å²) in [7, 11) is 0. The Bertz CT molecular complexity index is 819. The molecule has 3 aromatic rings. The first kappa shape index (κ1) is 15.2. The summed E-state index contributed by atoms with van der Waals surface area (Å²) < 4.78 is 0. The largest absolute Gasteiger partial charge is 0.361 e. The second kappa shape index (κ2) is 6.65. The van der Waals surface area contributed by atoms with Crippen molar-refractivity contribution in [2.45, 2.75) is 25.3 Å². The van der Waals surface area contributed by atoms with E-state index in [9.17, 15) is 4.79 Å². The maximum Gasteiger partial charge on any atom is 0.224 e. The van der Waals surface area contributed by atoms with Gasteiger partial charge in [0.05, 0.1) is 6.42 Å².